The molecule has 0 saturated carbocycles. The molecule has 2 aromatic rings. The van der Waals surface area contributed by atoms with Gasteiger partial charge in [0.05, 0.1) is 11.8 Å². The van der Waals surface area contributed by atoms with Crippen LogP contribution in [-0.4, -0.2) is 20.9 Å². The lowest BCUT2D eigenvalue weighted by Crippen LogP contribution is -2.08. The summed E-state index contributed by atoms with van der Waals surface area (Å²) >= 11 is 0. The summed E-state index contributed by atoms with van der Waals surface area (Å²) in [4.78, 5) is 4.51. The summed E-state index contributed by atoms with van der Waals surface area (Å²) in [5.41, 5.74) is 7.52. The first kappa shape index (κ1) is 14.4. The third kappa shape index (κ3) is 3.10. The monoisotopic (exact) mass is 274 g/mol. The quantitative estimate of drug-likeness (QED) is 0.851. The van der Waals surface area contributed by atoms with Gasteiger partial charge in [-0.05, 0) is 19.9 Å². The highest BCUT2D eigenvalue weighted by Gasteiger charge is 2.11. The Labute approximate surface area is 119 Å². The largest absolute Gasteiger partial charge is 0.491 e. The fraction of sp³-hybridized carbons (Fsp3) is 0.467. The lowest BCUT2D eigenvalue weighted by atomic mass is 10.2. The van der Waals surface area contributed by atoms with Gasteiger partial charge in [-0.25, -0.2) is 9.67 Å². The van der Waals surface area contributed by atoms with E-state index in [0.29, 0.717) is 5.69 Å². The van der Waals surface area contributed by atoms with Gasteiger partial charge in [-0.15, -0.1) is 0 Å². The zero-order valence-electron chi connectivity index (χ0n) is 12.6. The Morgan fingerprint density at radius 1 is 1.20 bits per heavy atom. The Morgan fingerprint density at radius 2 is 1.95 bits per heavy atom. The number of hydrogen-bond donors (Lipinski definition) is 1. The predicted octanol–water partition coefficient (Wildman–Crippen LogP) is 2.76. The molecule has 0 atom stereocenters. The highest BCUT2D eigenvalue weighted by molar-refractivity contribution is 5.53. The highest BCUT2D eigenvalue weighted by atomic mass is 16.5. The van der Waals surface area contributed by atoms with Crippen molar-refractivity contribution in [2.24, 2.45) is 0 Å². The number of aromatic nitrogens is 3. The van der Waals surface area contributed by atoms with Crippen molar-refractivity contribution in [3.05, 3.63) is 29.8 Å². The second-order valence-corrected chi connectivity index (χ2v) is 4.99. The molecule has 0 spiro atoms. The highest BCUT2D eigenvalue weighted by Crippen LogP contribution is 2.23. The zero-order valence-corrected chi connectivity index (χ0v) is 12.6. The van der Waals surface area contributed by atoms with E-state index in [1.807, 2.05) is 43.7 Å². The minimum Gasteiger partial charge on any atom is -0.491 e. The summed E-state index contributed by atoms with van der Waals surface area (Å²) < 4.78 is 7.57. The van der Waals surface area contributed by atoms with Crippen LogP contribution in [0.3, 0.4) is 0 Å². The molecule has 0 unspecified atom stereocenters. The van der Waals surface area contributed by atoms with Crippen LogP contribution in [0.15, 0.2) is 18.2 Å². The number of nitrogen functional groups attached to an aromatic ring is 1. The van der Waals surface area contributed by atoms with E-state index in [0.717, 1.165) is 35.9 Å². The Balaban J connectivity index is 2.46. The summed E-state index contributed by atoms with van der Waals surface area (Å²) in [6.07, 6.45) is 1.75. The summed E-state index contributed by atoms with van der Waals surface area (Å²) in [5.74, 6) is 2.53. The molecule has 1 aromatic carbocycles. The number of hydrogen-bond acceptors (Lipinski definition) is 4. The number of anilines is 1. The molecule has 5 nitrogen and oxygen atoms in total. The number of aryl methyl sites for hydroxylation is 2. The second-order valence-electron chi connectivity index (χ2n) is 4.99. The summed E-state index contributed by atoms with van der Waals surface area (Å²) in [5, 5.41) is 4.53. The van der Waals surface area contributed by atoms with Crippen LogP contribution in [0.4, 0.5) is 5.69 Å². The van der Waals surface area contributed by atoms with Gasteiger partial charge in [0, 0.05) is 30.7 Å². The Hall–Kier alpha value is -2.04. The first-order chi connectivity index (χ1) is 9.53. The number of rotatable bonds is 5. The maximum Gasteiger partial charge on any atom is 0.151 e. The molecule has 0 aliphatic heterocycles. The molecular weight excluding hydrogens is 252 g/mol. The van der Waals surface area contributed by atoms with Crippen molar-refractivity contribution in [3.63, 3.8) is 0 Å². The molecule has 5 heteroatoms. The van der Waals surface area contributed by atoms with Gasteiger partial charge in [-0.1, -0.05) is 13.8 Å². The topological polar surface area (TPSA) is 66.0 Å². The minimum absolute atomic E-state index is 0.109. The van der Waals surface area contributed by atoms with Crippen molar-refractivity contribution in [2.45, 2.75) is 46.6 Å². The van der Waals surface area contributed by atoms with Crippen LogP contribution < -0.4 is 10.5 Å². The fourth-order valence-electron chi connectivity index (χ4n) is 2.05. The van der Waals surface area contributed by atoms with Crippen LogP contribution in [0, 0.1) is 0 Å². The third-order valence-electron chi connectivity index (χ3n) is 2.88. The molecule has 108 valence electrons. The van der Waals surface area contributed by atoms with Gasteiger partial charge in [0.1, 0.15) is 11.6 Å². The number of ether oxygens (including phenoxy) is 1. The average molecular weight is 274 g/mol. The van der Waals surface area contributed by atoms with Gasteiger partial charge < -0.3 is 10.5 Å². The van der Waals surface area contributed by atoms with Crippen LogP contribution >= 0.6 is 0 Å². The number of nitrogens with zero attached hydrogens (tertiary/aromatic N) is 3. The standard InChI is InChI=1S/C15H22N4O/c1-5-14-17-15(6-2)19(18-14)12-7-11(16)8-13(9-12)20-10(3)4/h7-10H,5-6,16H2,1-4H3. The van der Waals surface area contributed by atoms with Gasteiger partial charge in [0.15, 0.2) is 5.82 Å². The maximum absolute atomic E-state index is 5.96. The second kappa shape index (κ2) is 5.94. The van der Waals surface area contributed by atoms with E-state index in [2.05, 4.69) is 17.0 Å². The number of benzene rings is 1. The maximum atomic E-state index is 5.96. The van der Waals surface area contributed by atoms with E-state index < -0.39 is 0 Å². The first-order valence-electron chi connectivity index (χ1n) is 7.05. The van der Waals surface area contributed by atoms with Gasteiger partial charge in [0.2, 0.25) is 0 Å². The van der Waals surface area contributed by atoms with E-state index in [1.54, 1.807) is 0 Å². The van der Waals surface area contributed by atoms with Crippen molar-refractivity contribution in [1.29, 1.82) is 0 Å². The lowest BCUT2D eigenvalue weighted by molar-refractivity contribution is 0.242. The van der Waals surface area contributed by atoms with Crippen LogP contribution in [-0.2, 0) is 12.8 Å². The molecule has 0 bridgehead atoms. The summed E-state index contributed by atoms with van der Waals surface area (Å²) in [6.45, 7) is 8.10. The minimum atomic E-state index is 0.109. The molecule has 0 amide bonds. The Kier molecular flexibility index (Phi) is 4.27. The SMILES string of the molecule is CCc1nc(CC)n(-c2cc(N)cc(OC(C)C)c2)n1. The number of nitrogens with two attached hydrogens (primary N) is 1. The Morgan fingerprint density at radius 3 is 2.55 bits per heavy atom. The third-order valence-corrected chi connectivity index (χ3v) is 2.88. The Bertz CT molecular complexity index is 590. The lowest BCUT2D eigenvalue weighted by Gasteiger charge is -2.13. The molecule has 1 heterocycles. The van der Waals surface area contributed by atoms with Crippen LogP contribution in [0.1, 0.15) is 39.3 Å². The van der Waals surface area contributed by atoms with Crippen molar-refractivity contribution >= 4 is 5.69 Å². The van der Waals surface area contributed by atoms with Gasteiger partial charge in [-0.2, -0.15) is 5.10 Å². The molecule has 1 aromatic heterocycles. The van der Waals surface area contributed by atoms with Gasteiger partial charge in [0.25, 0.3) is 0 Å². The molecular formula is C15H22N4O. The van der Waals surface area contributed by atoms with E-state index in [9.17, 15) is 0 Å². The first-order valence-corrected chi connectivity index (χ1v) is 7.05. The molecule has 2 N–H and O–H groups in total. The summed E-state index contributed by atoms with van der Waals surface area (Å²) in [6, 6.07) is 5.66. The molecule has 20 heavy (non-hydrogen) atoms. The molecule has 0 saturated heterocycles. The smallest absolute Gasteiger partial charge is 0.151 e. The average Bonchev–Trinajstić information content (AvgIpc) is 2.80. The molecule has 0 fully saturated rings. The summed E-state index contributed by atoms with van der Waals surface area (Å²) in [7, 11) is 0. The van der Waals surface area contributed by atoms with Crippen molar-refractivity contribution in [2.75, 3.05) is 5.73 Å². The van der Waals surface area contributed by atoms with E-state index in [1.165, 1.54) is 0 Å². The van der Waals surface area contributed by atoms with Crippen molar-refractivity contribution < 1.29 is 4.74 Å². The molecule has 0 aliphatic rings. The fourth-order valence-corrected chi connectivity index (χ4v) is 2.05. The van der Waals surface area contributed by atoms with E-state index >= 15 is 0 Å². The van der Waals surface area contributed by atoms with Crippen LogP contribution in [0.2, 0.25) is 0 Å². The van der Waals surface area contributed by atoms with Gasteiger partial charge in [-0.3, -0.25) is 0 Å². The van der Waals surface area contributed by atoms with E-state index in [4.69, 9.17) is 10.5 Å². The van der Waals surface area contributed by atoms with E-state index in [-0.39, 0.29) is 6.10 Å². The van der Waals surface area contributed by atoms with Crippen molar-refractivity contribution in [1.82, 2.24) is 14.8 Å². The van der Waals surface area contributed by atoms with Crippen LogP contribution in [0.25, 0.3) is 5.69 Å². The molecule has 2 rings (SSSR count). The zero-order chi connectivity index (χ0) is 14.7. The molecule has 0 aliphatic carbocycles. The predicted molar refractivity (Wildman–Crippen MR) is 80.3 cm³/mol. The van der Waals surface area contributed by atoms with Crippen LogP contribution in [0.5, 0.6) is 5.75 Å². The van der Waals surface area contributed by atoms with Crippen molar-refractivity contribution in [3.8, 4) is 11.4 Å². The normalized spacial score (nSPS) is 11.1. The van der Waals surface area contributed by atoms with Gasteiger partial charge >= 0.3 is 0 Å². The molecule has 0 radical (unpaired) electrons.